The summed E-state index contributed by atoms with van der Waals surface area (Å²) in [7, 11) is 2.78. The monoisotopic (exact) mass is 460 g/mol. The summed E-state index contributed by atoms with van der Waals surface area (Å²) >= 11 is -0.260. The number of carbonyl (C=O) groups excluding carboxylic acids is 1. The molecule has 1 heterocycles. The number of quaternary nitrogens is 1. The summed E-state index contributed by atoms with van der Waals surface area (Å²) in [6, 6.07) is 11.7. The predicted molar refractivity (Wildman–Crippen MR) is 106 cm³/mol. The molecule has 11 heteroatoms. The van der Waals surface area contributed by atoms with Crippen LogP contribution in [-0.4, -0.2) is 42.0 Å². The third kappa shape index (κ3) is 5.67. The van der Waals surface area contributed by atoms with Crippen LogP contribution in [0.2, 0.25) is 0 Å². The Kier molecular flexibility index (Phi) is 5.94. The Bertz CT molecular complexity index is 1060. The molecule has 3 rings (SSSR count). The van der Waals surface area contributed by atoms with Crippen molar-refractivity contribution in [1.29, 1.82) is 0 Å². The second kappa shape index (κ2) is 8.04. The number of hydrogen-bond donors (Lipinski definition) is 1. The number of nitrogens with one attached hydrogen (secondary N) is 1. The van der Waals surface area contributed by atoms with Gasteiger partial charge in [0.2, 0.25) is 5.71 Å². The molecule has 31 heavy (non-hydrogen) atoms. The molecule has 1 aliphatic rings. The smallest absolute Gasteiger partial charge is 0.321 e. The van der Waals surface area contributed by atoms with Crippen LogP contribution in [0.15, 0.2) is 70.3 Å². The van der Waals surface area contributed by atoms with Crippen LogP contribution >= 0.6 is 11.8 Å². The SMILES string of the molecule is C[N+]1(C)C=C(C(=O)Nc2ccccc2-c2ccc(SC(F)(F)F)cc2)C(C(F)(F)F)=N1. The van der Waals surface area contributed by atoms with Crippen molar-refractivity contribution < 1.29 is 35.7 Å². The van der Waals surface area contributed by atoms with Gasteiger partial charge in [0.25, 0.3) is 5.91 Å². The maximum atomic E-state index is 13.3. The van der Waals surface area contributed by atoms with Crippen LogP contribution in [0.5, 0.6) is 0 Å². The van der Waals surface area contributed by atoms with Gasteiger partial charge in [0.15, 0.2) is 0 Å². The maximum Gasteiger partial charge on any atom is 0.446 e. The zero-order chi connectivity index (χ0) is 23.0. The largest absolute Gasteiger partial charge is 0.446 e. The van der Waals surface area contributed by atoms with Crippen LogP contribution in [0, 0.1) is 0 Å². The first-order valence-corrected chi connectivity index (χ1v) is 9.58. The minimum absolute atomic E-state index is 0.0140. The summed E-state index contributed by atoms with van der Waals surface area (Å²) in [4.78, 5) is 12.6. The number of para-hydroxylation sites is 1. The number of alkyl halides is 6. The second-order valence-electron chi connectivity index (χ2n) is 7.04. The molecule has 0 aliphatic carbocycles. The topological polar surface area (TPSA) is 41.5 Å². The Morgan fingerprint density at radius 1 is 0.968 bits per heavy atom. The van der Waals surface area contributed by atoms with E-state index in [2.05, 4.69) is 10.4 Å². The van der Waals surface area contributed by atoms with Gasteiger partial charge in [0, 0.05) is 16.1 Å². The highest BCUT2D eigenvalue weighted by molar-refractivity contribution is 8.00. The lowest BCUT2D eigenvalue weighted by atomic mass is 10.0. The highest BCUT2D eigenvalue weighted by Gasteiger charge is 2.48. The van der Waals surface area contributed by atoms with Gasteiger partial charge in [-0.1, -0.05) is 35.4 Å². The van der Waals surface area contributed by atoms with Gasteiger partial charge in [0.1, 0.15) is 11.8 Å². The number of hydrogen-bond acceptors (Lipinski definition) is 3. The van der Waals surface area contributed by atoms with E-state index in [-0.39, 0.29) is 22.3 Å². The number of amides is 1. The summed E-state index contributed by atoms with van der Waals surface area (Å²) in [5, 5.41) is 6.00. The van der Waals surface area contributed by atoms with Crippen molar-refractivity contribution in [2.75, 3.05) is 19.4 Å². The number of anilines is 1. The van der Waals surface area contributed by atoms with Crippen molar-refractivity contribution in [1.82, 2.24) is 0 Å². The van der Waals surface area contributed by atoms with E-state index >= 15 is 0 Å². The number of thioether (sulfide) groups is 1. The van der Waals surface area contributed by atoms with Crippen molar-refractivity contribution >= 4 is 29.1 Å². The molecule has 0 saturated heterocycles. The fourth-order valence-electron chi connectivity index (χ4n) is 2.96. The first kappa shape index (κ1) is 22.9. The molecular formula is C20H16F6N3OS+. The van der Waals surface area contributed by atoms with Crippen LogP contribution in [0.3, 0.4) is 0 Å². The van der Waals surface area contributed by atoms with Crippen molar-refractivity contribution in [3.05, 3.63) is 60.3 Å². The van der Waals surface area contributed by atoms with Crippen molar-refractivity contribution in [2.24, 2.45) is 5.10 Å². The predicted octanol–water partition coefficient (Wildman–Crippen LogP) is 5.80. The maximum absolute atomic E-state index is 13.3. The molecule has 1 amide bonds. The van der Waals surface area contributed by atoms with E-state index in [0.717, 1.165) is 6.20 Å². The van der Waals surface area contributed by atoms with Gasteiger partial charge in [0.05, 0.1) is 14.1 Å². The van der Waals surface area contributed by atoms with E-state index in [4.69, 9.17) is 0 Å². The van der Waals surface area contributed by atoms with E-state index in [1.165, 1.54) is 44.4 Å². The van der Waals surface area contributed by atoms with Crippen LogP contribution < -0.4 is 5.32 Å². The van der Waals surface area contributed by atoms with Crippen molar-refractivity contribution in [3.8, 4) is 11.1 Å². The highest BCUT2D eigenvalue weighted by atomic mass is 32.2. The van der Waals surface area contributed by atoms with Gasteiger partial charge >= 0.3 is 11.7 Å². The van der Waals surface area contributed by atoms with Gasteiger partial charge in [-0.25, -0.2) is 0 Å². The van der Waals surface area contributed by atoms with Gasteiger partial charge in [-0.05, 0) is 35.5 Å². The van der Waals surface area contributed by atoms with E-state index in [9.17, 15) is 31.1 Å². The van der Waals surface area contributed by atoms with E-state index in [1.54, 1.807) is 18.2 Å². The first-order chi connectivity index (χ1) is 14.3. The molecular weight excluding hydrogens is 444 g/mol. The molecule has 1 N–H and O–H groups in total. The van der Waals surface area contributed by atoms with Crippen LogP contribution in [0.4, 0.5) is 32.0 Å². The Hall–Kier alpha value is -2.79. The van der Waals surface area contributed by atoms with E-state index in [1.807, 2.05) is 0 Å². The number of nitrogens with zero attached hydrogens (tertiary/aromatic N) is 2. The molecule has 0 saturated carbocycles. The standard InChI is InChI=1S/C20H15F6N3OS/c1-29(2)11-15(17(28-29)19(21,22)23)18(30)27-16-6-4-3-5-14(16)12-7-9-13(10-8-12)31-20(24,25)26/h3-11H,1-2H3/p+1. The molecule has 0 bridgehead atoms. The number of carbonyl (C=O) groups is 1. The van der Waals surface area contributed by atoms with Gasteiger partial charge in [-0.3, -0.25) is 4.79 Å². The molecule has 0 aromatic heterocycles. The highest BCUT2D eigenvalue weighted by Crippen LogP contribution is 2.38. The molecule has 1 aliphatic heterocycles. The molecule has 0 unspecified atom stereocenters. The van der Waals surface area contributed by atoms with E-state index in [0.29, 0.717) is 11.1 Å². The third-order valence-electron chi connectivity index (χ3n) is 4.15. The Morgan fingerprint density at radius 3 is 2.16 bits per heavy atom. The Morgan fingerprint density at radius 2 is 1.58 bits per heavy atom. The summed E-state index contributed by atoms with van der Waals surface area (Å²) in [6.07, 6.45) is -3.72. The fourth-order valence-corrected chi connectivity index (χ4v) is 3.50. The van der Waals surface area contributed by atoms with Crippen LogP contribution in [-0.2, 0) is 4.79 Å². The average molecular weight is 460 g/mol. The zero-order valence-electron chi connectivity index (χ0n) is 16.2. The van der Waals surface area contributed by atoms with Gasteiger partial charge < -0.3 is 5.32 Å². The summed E-state index contributed by atoms with van der Waals surface area (Å²) < 4.78 is 77.0. The van der Waals surface area contributed by atoms with Gasteiger partial charge in [-0.15, -0.1) is 0 Å². The first-order valence-electron chi connectivity index (χ1n) is 8.76. The van der Waals surface area contributed by atoms with Gasteiger partial charge in [-0.2, -0.15) is 30.9 Å². The molecule has 0 fully saturated rings. The number of rotatable bonds is 4. The normalized spacial score (nSPS) is 16.0. The molecule has 2 aromatic carbocycles. The number of halogens is 6. The Labute approximate surface area is 177 Å². The second-order valence-corrected chi connectivity index (χ2v) is 8.18. The lowest BCUT2D eigenvalue weighted by Gasteiger charge is -2.13. The van der Waals surface area contributed by atoms with E-state index < -0.39 is 33.5 Å². The minimum Gasteiger partial charge on any atom is -0.321 e. The quantitative estimate of drug-likeness (QED) is 0.356. The van der Waals surface area contributed by atoms with Crippen LogP contribution in [0.1, 0.15) is 0 Å². The van der Waals surface area contributed by atoms with Crippen LogP contribution in [0.25, 0.3) is 11.1 Å². The third-order valence-corrected chi connectivity index (χ3v) is 4.88. The lowest BCUT2D eigenvalue weighted by Crippen LogP contribution is -2.30. The average Bonchev–Trinajstić information content (AvgIpc) is 2.98. The number of benzene rings is 2. The molecule has 0 radical (unpaired) electrons. The summed E-state index contributed by atoms with van der Waals surface area (Å²) in [5.41, 5.74) is -5.17. The molecule has 164 valence electrons. The summed E-state index contributed by atoms with van der Waals surface area (Å²) in [6.45, 7) is 0. The minimum atomic E-state index is -4.80. The lowest BCUT2D eigenvalue weighted by molar-refractivity contribution is -0.843. The molecule has 0 spiro atoms. The zero-order valence-corrected chi connectivity index (χ0v) is 17.0. The fraction of sp³-hybridized carbons (Fsp3) is 0.200. The molecule has 4 nitrogen and oxygen atoms in total. The molecule has 2 aromatic rings. The summed E-state index contributed by atoms with van der Waals surface area (Å²) in [5.74, 6) is -0.989. The van der Waals surface area contributed by atoms with Crippen molar-refractivity contribution in [2.45, 2.75) is 16.6 Å². The Balaban J connectivity index is 1.88. The van der Waals surface area contributed by atoms with Crippen molar-refractivity contribution in [3.63, 3.8) is 0 Å². The molecule has 0 atom stereocenters.